The molecule has 0 saturated carbocycles. The zero-order chi connectivity index (χ0) is 23.6. The van der Waals surface area contributed by atoms with E-state index in [9.17, 15) is 9.18 Å². The van der Waals surface area contributed by atoms with Crippen molar-refractivity contribution in [3.05, 3.63) is 29.7 Å². The molecular formula is C21H30FN9O. The number of aromatic nitrogens is 4. The van der Waals surface area contributed by atoms with E-state index in [0.717, 1.165) is 23.7 Å². The zero-order valence-corrected chi connectivity index (χ0v) is 19.0. The van der Waals surface area contributed by atoms with Crippen molar-refractivity contribution in [3.63, 3.8) is 0 Å². The van der Waals surface area contributed by atoms with E-state index >= 15 is 0 Å². The summed E-state index contributed by atoms with van der Waals surface area (Å²) < 4.78 is 16.4. The van der Waals surface area contributed by atoms with Crippen molar-refractivity contribution in [2.45, 2.75) is 26.3 Å². The lowest BCUT2D eigenvalue weighted by Gasteiger charge is -2.21. The molecule has 3 aromatic rings. The Hall–Kier alpha value is -3.47. The van der Waals surface area contributed by atoms with Gasteiger partial charge in [0.2, 0.25) is 0 Å². The highest BCUT2D eigenvalue weighted by atomic mass is 19.1. The highest BCUT2D eigenvalue weighted by molar-refractivity contribution is 5.99. The zero-order valence-electron chi connectivity index (χ0n) is 19.0. The monoisotopic (exact) mass is 443 g/mol. The average molecular weight is 444 g/mol. The molecule has 0 spiro atoms. The Morgan fingerprint density at radius 1 is 1.28 bits per heavy atom. The number of aryl methyl sites for hydroxylation is 1. The first-order chi connectivity index (χ1) is 15.1. The van der Waals surface area contributed by atoms with E-state index in [4.69, 9.17) is 11.5 Å². The number of hydrogen-bond donors (Lipinski definition) is 4. The number of amides is 1. The number of nitrogens with one attached hydrogen (secondary N) is 2. The van der Waals surface area contributed by atoms with Gasteiger partial charge in [-0.2, -0.15) is 5.10 Å². The van der Waals surface area contributed by atoms with Crippen LogP contribution in [0.3, 0.4) is 0 Å². The van der Waals surface area contributed by atoms with Crippen LogP contribution in [0.1, 0.15) is 30.6 Å². The van der Waals surface area contributed by atoms with Gasteiger partial charge < -0.3 is 27.0 Å². The highest BCUT2D eigenvalue weighted by Gasteiger charge is 2.19. The Bertz CT molecular complexity index is 1130. The van der Waals surface area contributed by atoms with Crippen LogP contribution in [-0.2, 0) is 7.05 Å². The normalized spacial score (nSPS) is 12.2. The second-order valence-electron chi connectivity index (χ2n) is 8.35. The molecule has 1 atom stereocenters. The molecule has 1 amide bonds. The number of fused-ring (bicyclic) bond motifs is 1. The van der Waals surface area contributed by atoms with Gasteiger partial charge in [-0.25, -0.2) is 19.0 Å². The van der Waals surface area contributed by atoms with Crippen LogP contribution in [0.5, 0.6) is 0 Å². The summed E-state index contributed by atoms with van der Waals surface area (Å²) in [6, 6.07) is 2.75. The molecule has 0 radical (unpaired) electrons. The van der Waals surface area contributed by atoms with Gasteiger partial charge in [-0.05, 0) is 24.5 Å². The van der Waals surface area contributed by atoms with Crippen molar-refractivity contribution in [2.75, 3.05) is 36.2 Å². The first kappa shape index (κ1) is 23.2. The molecule has 3 rings (SSSR count). The molecule has 6 N–H and O–H groups in total. The Morgan fingerprint density at radius 2 is 2.00 bits per heavy atom. The fourth-order valence-electron chi connectivity index (χ4n) is 3.51. The van der Waals surface area contributed by atoms with Gasteiger partial charge in [-0.3, -0.25) is 4.79 Å². The molecule has 11 heteroatoms. The molecule has 0 aliphatic heterocycles. The first-order valence-corrected chi connectivity index (χ1v) is 10.3. The fourth-order valence-corrected chi connectivity index (χ4v) is 3.51. The van der Waals surface area contributed by atoms with Crippen LogP contribution in [-0.4, -0.2) is 52.3 Å². The van der Waals surface area contributed by atoms with Crippen LogP contribution in [0.25, 0.3) is 11.0 Å². The molecule has 0 bridgehead atoms. The summed E-state index contributed by atoms with van der Waals surface area (Å²) >= 11 is 0. The molecule has 3 heterocycles. The van der Waals surface area contributed by atoms with Crippen molar-refractivity contribution in [3.8, 4) is 0 Å². The molecule has 32 heavy (non-hydrogen) atoms. The largest absolute Gasteiger partial charge is 0.365 e. The second-order valence-corrected chi connectivity index (χ2v) is 8.35. The van der Waals surface area contributed by atoms with E-state index in [1.165, 1.54) is 0 Å². The Balaban J connectivity index is 2.00. The number of halogens is 1. The SMILES string of the molecule is CC(C)CC(CN)Nc1nc(Nc2cnc3c(c2)c(N(C)C)nn3C)c(C(N)=O)cc1F. The number of rotatable bonds is 9. The van der Waals surface area contributed by atoms with Crippen LogP contribution in [0, 0.1) is 11.7 Å². The molecule has 0 aliphatic carbocycles. The fraction of sp³-hybridized carbons (Fsp3) is 0.429. The Labute approximate surface area is 186 Å². The number of pyridine rings is 2. The first-order valence-electron chi connectivity index (χ1n) is 10.3. The molecule has 0 saturated heterocycles. The van der Waals surface area contributed by atoms with Crippen molar-refractivity contribution in [1.29, 1.82) is 0 Å². The van der Waals surface area contributed by atoms with Crippen molar-refractivity contribution < 1.29 is 9.18 Å². The van der Waals surface area contributed by atoms with Crippen molar-refractivity contribution in [1.82, 2.24) is 19.7 Å². The number of primary amides is 1. The molecule has 10 nitrogen and oxygen atoms in total. The molecule has 172 valence electrons. The van der Waals surface area contributed by atoms with Gasteiger partial charge in [-0.15, -0.1) is 0 Å². The van der Waals surface area contributed by atoms with Crippen LogP contribution < -0.4 is 27.0 Å². The minimum Gasteiger partial charge on any atom is -0.365 e. The predicted molar refractivity (Wildman–Crippen MR) is 125 cm³/mol. The topological polar surface area (TPSA) is 140 Å². The number of nitrogens with zero attached hydrogens (tertiary/aromatic N) is 5. The summed E-state index contributed by atoms with van der Waals surface area (Å²) in [7, 11) is 5.58. The summed E-state index contributed by atoms with van der Waals surface area (Å²) in [5.41, 5.74) is 12.5. The maximum absolute atomic E-state index is 14.7. The standard InChI is InChI=1S/C21H30FN9O/c1-11(2)6-12(9-23)26-19-16(22)8-14(17(24)32)18(28-19)27-13-7-15-20(25-10-13)31(5)29-21(15)30(3)4/h7-8,10-12H,6,9,23H2,1-5H3,(H2,24,32)(H2,26,27,28). The van der Waals surface area contributed by atoms with Crippen LogP contribution in [0.15, 0.2) is 18.3 Å². The molecule has 0 aliphatic rings. The van der Waals surface area contributed by atoms with Gasteiger partial charge in [0.1, 0.15) is 5.82 Å². The third kappa shape index (κ3) is 4.88. The third-order valence-corrected chi connectivity index (χ3v) is 4.97. The third-order valence-electron chi connectivity index (χ3n) is 4.97. The van der Waals surface area contributed by atoms with Crippen LogP contribution in [0.4, 0.5) is 27.5 Å². The number of anilines is 4. The van der Waals surface area contributed by atoms with E-state index in [1.807, 2.05) is 32.1 Å². The lowest BCUT2D eigenvalue weighted by Crippen LogP contribution is -2.31. The average Bonchev–Trinajstić information content (AvgIpc) is 3.05. The highest BCUT2D eigenvalue weighted by Crippen LogP contribution is 2.29. The lowest BCUT2D eigenvalue weighted by molar-refractivity contribution is 0.100. The molecule has 3 aromatic heterocycles. The quantitative estimate of drug-likeness (QED) is 0.395. The summed E-state index contributed by atoms with van der Waals surface area (Å²) in [4.78, 5) is 22.6. The smallest absolute Gasteiger partial charge is 0.252 e. The minimum atomic E-state index is -0.799. The van der Waals surface area contributed by atoms with Crippen molar-refractivity contribution >= 4 is 40.1 Å². The molecule has 1 unspecified atom stereocenters. The predicted octanol–water partition coefficient (Wildman–Crippen LogP) is 2.20. The lowest BCUT2D eigenvalue weighted by atomic mass is 10.0. The van der Waals surface area contributed by atoms with Crippen LogP contribution >= 0.6 is 0 Å². The van der Waals surface area contributed by atoms with Gasteiger partial charge >= 0.3 is 0 Å². The van der Waals surface area contributed by atoms with E-state index in [-0.39, 0.29) is 23.2 Å². The number of carbonyl (C=O) groups excluding carboxylic acids is 1. The van der Waals surface area contributed by atoms with Crippen molar-refractivity contribution in [2.24, 2.45) is 24.4 Å². The molecular weight excluding hydrogens is 413 g/mol. The molecule has 0 fully saturated rings. The Kier molecular flexibility index (Phi) is 6.78. The van der Waals surface area contributed by atoms with Gasteiger partial charge in [-0.1, -0.05) is 13.8 Å². The summed E-state index contributed by atoms with van der Waals surface area (Å²) in [6.45, 7) is 4.43. The van der Waals surface area contributed by atoms with E-state index in [2.05, 4.69) is 39.5 Å². The van der Waals surface area contributed by atoms with Gasteiger partial charge in [0, 0.05) is 33.7 Å². The summed E-state index contributed by atoms with van der Waals surface area (Å²) in [6.07, 6.45) is 2.33. The van der Waals surface area contributed by atoms with E-state index in [1.54, 1.807) is 10.9 Å². The Morgan fingerprint density at radius 3 is 2.59 bits per heavy atom. The number of nitrogens with two attached hydrogens (primary N) is 2. The van der Waals surface area contributed by atoms with Crippen LogP contribution in [0.2, 0.25) is 0 Å². The maximum Gasteiger partial charge on any atom is 0.252 e. The second kappa shape index (κ2) is 9.35. The molecule has 0 aromatic carbocycles. The van der Waals surface area contributed by atoms with E-state index < -0.39 is 11.7 Å². The van der Waals surface area contributed by atoms with Gasteiger partial charge in [0.25, 0.3) is 5.91 Å². The number of hydrogen-bond acceptors (Lipinski definition) is 8. The van der Waals surface area contributed by atoms with E-state index in [0.29, 0.717) is 23.8 Å². The summed E-state index contributed by atoms with van der Waals surface area (Å²) in [5.74, 6) is -0.252. The minimum absolute atomic E-state index is 0.00186. The maximum atomic E-state index is 14.7. The number of carbonyl (C=O) groups is 1. The van der Waals surface area contributed by atoms with Gasteiger partial charge in [0.15, 0.2) is 23.1 Å². The summed E-state index contributed by atoms with van der Waals surface area (Å²) in [5, 5.41) is 11.4. The van der Waals surface area contributed by atoms with Gasteiger partial charge in [0.05, 0.1) is 22.8 Å².